The van der Waals surface area contributed by atoms with Crippen LogP contribution in [0, 0.1) is 0 Å². The van der Waals surface area contributed by atoms with E-state index >= 15 is 0 Å². The molecule has 1 nitrogen and oxygen atoms in total. The van der Waals surface area contributed by atoms with Gasteiger partial charge in [-0.3, -0.25) is 0 Å². The Balaban J connectivity index is 1.07. The fourth-order valence-electron chi connectivity index (χ4n) is 9.56. The van der Waals surface area contributed by atoms with E-state index in [9.17, 15) is 0 Å². The minimum Gasteiger partial charge on any atom is -0.248 e. The van der Waals surface area contributed by atoms with Gasteiger partial charge < -0.3 is 0 Å². The molecule has 1 heterocycles. The van der Waals surface area contributed by atoms with Crippen molar-refractivity contribution in [1.29, 1.82) is 0 Å². The number of fused-ring (bicyclic) bond motifs is 5. The summed E-state index contributed by atoms with van der Waals surface area (Å²) in [5, 5.41) is 8.05. The van der Waals surface area contributed by atoms with Crippen molar-refractivity contribution in [1.82, 2.24) is 4.98 Å². The van der Waals surface area contributed by atoms with Crippen molar-refractivity contribution in [2.24, 2.45) is 0 Å². The maximum absolute atomic E-state index is 5.16. The molecule has 0 unspecified atom stereocenters. The lowest BCUT2D eigenvalue weighted by atomic mass is 9.75. The third kappa shape index (κ3) is 4.31. The van der Waals surface area contributed by atoms with Crippen LogP contribution in [0.4, 0.5) is 0 Å². The summed E-state index contributed by atoms with van der Waals surface area (Å²) in [6.45, 7) is 0. The van der Waals surface area contributed by atoms with E-state index < -0.39 is 0 Å². The van der Waals surface area contributed by atoms with E-state index in [0.717, 1.165) is 22.5 Å². The smallest absolute Gasteiger partial charge is 0.0715 e. The van der Waals surface area contributed by atoms with Gasteiger partial charge in [0.2, 0.25) is 0 Å². The van der Waals surface area contributed by atoms with Crippen molar-refractivity contribution in [2.45, 2.75) is 31.1 Å². The molecule has 1 heteroatoms. The van der Waals surface area contributed by atoms with E-state index in [-0.39, 0.29) is 5.41 Å². The van der Waals surface area contributed by atoms with Gasteiger partial charge >= 0.3 is 0 Å². The zero-order valence-electron chi connectivity index (χ0n) is 28.4. The third-order valence-corrected chi connectivity index (χ3v) is 12.0. The number of hydrogen-bond donors (Lipinski definition) is 0. The van der Waals surface area contributed by atoms with Crippen molar-refractivity contribution in [2.75, 3.05) is 0 Å². The van der Waals surface area contributed by atoms with Gasteiger partial charge in [-0.15, -0.1) is 0 Å². The van der Waals surface area contributed by atoms with Gasteiger partial charge in [-0.1, -0.05) is 152 Å². The van der Waals surface area contributed by atoms with E-state index in [2.05, 4.69) is 164 Å². The van der Waals surface area contributed by atoms with Gasteiger partial charge in [-0.2, -0.15) is 0 Å². The molecule has 8 aromatic carbocycles. The summed E-state index contributed by atoms with van der Waals surface area (Å²) >= 11 is 0. The molecule has 0 aliphatic heterocycles. The average molecular weight is 650 g/mol. The molecule has 2 aliphatic rings. The molecular formula is C50H35N. The number of nitrogens with zero attached hydrogens (tertiary/aromatic N) is 1. The molecule has 0 bridgehead atoms. The second kappa shape index (κ2) is 11.0. The van der Waals surface area contributed by atoms with Gasteiger partial charge in [0.25, 0.3) is 0 Å². The standard InChI is InChI=1S/C50H35N/c1-3-10-32(11-4-1)46-30-39(31-47(51-46)33-12-5-2-6-13-33)37-20-23-41-42-24-21-38(29-45(42)50(44(41)28-37)26-7-8-27-50)40-22-18-36-17-16-34-14-9-15-35-19-25-43(40)49(36)48(34)35/h1-6,9-25,28-31H,7-8,26-27H2. The van der Waals surface area contributed by atoms with Crippen LogP contribution >= 0.6 is 0 Å². The fourth-order valence-corrected chi connectivity index (χ4v) is 9.56. The van der Waals surface area contributed by atoms with Crippen LogP contribution in [0.25, 0.3) is 88.2 Å². The van der Waals surface area contributed by atoms with Gasteiger partial charge in [0.15, 0.2) is 0 Å². The maximum atomic E-state index is 5.16. The lowest BCUT2D eigenvalue weighted by Crippen LogP contribution is -2.20. The maximum Gasteiger partial charge on any atom is 0.0715 e. The first-order valence-corrected chi connectivity index (χ1v) is 18.3. The van der Waals surface area contributed by atoms with Crippen molar-refractivity contribution < 1.29 is 0 Å². The first-order valence-electron chi connectivity index (χ1n) is 18.3. The van der Waals surface area contributed by atoms with Crippen LogP contribution in [-0.2, 0) is 5.41 Å². The van der Waals surface area contributed by atoms with Gasteiger partial charge in [-0.25, -0.2) is 4.98 Å². The minimum atomic E-state index is 0.0397. The molecule has 0 N–H and O–H groups in total. The first-order chi connectivity index (χ1) is 25.2. The van der Waals surface area contributed by atoms with Crippen molar-refractivity contribution >= 4 is 32.3 Å². The highest BCUT2D eigenvalue weighted by molar-refractivity contribution is 6.25. The van der Waals surface area contributed by atoms with Gasteiger partial charge in [-0.05, 0) is 114 Å². The number of hydrogen-bond acceptors (Lipinski definition) is 1. The highest BCUT2D eigenvalue weighted by atomic mass is 14.7. The molecule has 51 heavy (non-hydrogen) atoms. The van der Waals surface area contributed by atoms with Gasteiger partial charge in [0.05, 0.1) is 11.4 Å². The number of rotatable bonds is 4. The SMILES string of the molecule is c1ccc(-c2cc(-c3ccc4c(c3)C3(CCCC3)c3cc(-c5ccc6ccc7cccc8ccc5c6c78)ccc3-4)cc(-c3ccccc3)n2)cc1. The summed E-state index contributed by atoms with van der Waals surface area (Å²) in [7, 11) is 0. The summed E-state index contributed by atoms with van der Waals surface area (Å²) in [6.07, 6.45) is 4.91. The highest BCUT2D eigenvalue weighted by Crippen LogP contribution is 2.58. The Hall–Kier alpha value is -6.05. The normalized spacial score (nSPS) is 14.5. The summed E-state index contributed by atoms with van der Waals surface area (Å²) in [5.41, 5.74) is 15.3. The van der Waals surface area contributed by atoms with Gasteiger partial charge in [0.1, 0.15) is 0 Å². The number of benzene rings is 8. The van der Waals surface area contributed by atoms with Crippen LogP contribution in [0.3, 0.4) is 0 Å². The highest BCUT2D eigenvalue weighted by Gasteiger charge is 2.45. The predicted octanol–water partition coefficient (Wildman–Crippen LogP) is 13.5. The Bertz CT molecular complexity index is 2710. The van der Waals surface area contributed by atoms with Crippen LogP contribution in [0.15, 0.2) is 164 Å². The van der Waals surface area contributed by atoms with Crippen LogP contribution < -0.4 is 0 Å². The predicted molar refractivity (Wildman–Crippen MR) is 214 cm³/mol. The lowest BCUT2D eigenvalue weighted by molar-refractivity contribution is 0.550. The molecular weight excluding hydrogens is 615 g/mol. The Morgan fingerprint density at radius 3 is 1.55 bits per heavy atom. The molecule has 2 aliphatic carbocycles. The molecule has 1 fully saturated rings. The van der Waals surface area contributed by atoms with Gasteiger partial charge in [0, 0.05) is 16.5 Å². The quantitative estimate of drug-likeness (QED) is 0.173. The van der Waals surface area contributed by atoms with Crippen LogP contribution in [0.1, 0.15) is 36.8 Å². The third-order valence-electron chi connectivity index (χ3n) is 12.0. The summed E-state index contributed by atoms with van der Waals surface area (Å²) in [5.74, 6) is 0. The Labute approximate surface area is 298 Å². The zero-order valence-corrected chi connectivity index (χ0v) is 28.4. The Morgan fingerprint density at radius 1 is 0.373 bits per heavy atom. The summed E-state index contributed by atoms with van der Waals surface area (Å²) in [6, 6.07) is 60.9. The Kier molecular flexibility index (Phi) is 6.19. The number of pyridine rings is 1. The van der Waals surface area contributed by atoms with Crippen molar-refractivity contribution in [3.8, 4) is 55.9 Å². The molecule has 1 aromatic heterocycles. The number of aromatic nitrogens is 1. The summed E-state index contributed by atoms with van der Waals surface area (Å²) < 4.78 is 0. The van der Waals surface area contributed by atoms with Crippen LogP contribution in [0.5, 0.6) is 0 Å². The second-order valence-electron chi connectivity index (χ2n) is 14.6. The first kappa shape index (κ1) is 28.8. The molecule has 0 saturated heterocycles. The van der Waals surface area contributed by atoms with Crippen molar-refractivity contribution in [3.05, 3.63) is 175 Å². The zero-order chi connectivity index (χ0) is 33.5. The molecule has 240 valence electrons. The molecule has 1 spiro atoms. The van der Waals surface area contributed by atoms with Crippen LogP contribution in [0.2, 0.25) is 0 Å². The fraction of sp³-hybridized carbons (Fsp3) is 0.100. The summed E-state index contributed by atoms with van der Waals surface area (Å²) in [4.78, 5) is 5.16. The van der Waals surface area contributed by atoms with E-state index in [4.69, 9.17) is 4.98 Å². The van der Waals surface area contributed by atoms with E-state index in [1.54, 1.807) is 0 Å². The largest absolute Gasteiger partial charge is 0.248 e. The van der Waals surface area contributed by atoms with E-state index in [0.29, 0.717) is 0 Å². The van der Waals surface area contributed by atoms with E-state index in [1.807, 2.05) is 0 Å². The van der Waals surface area contributed by atoms with Crippen LogP contribution in [-0.4, -0.2) is 4.98 Å². The molecule has 0 amide bonds. The molecule has 0 radical (unpaired) electrons. The molecule has 1 saturated carbocycles. The minimum absolute atomic E-state index is 0.0397. The Morgan fingerprint density at radius 2 is 0.902 bits per heavy atom. The van der Waals surface area contributed by atoms with E-state index in [1.165, 1.54) is 103 Å². The lowest BCUT2D eigenvalue weighted by Gasteiger charge is -2.27. The molecule has 11 rings (SSSR count). The molecule has 9 aromatic rings. The van der Waals surface area contributed by atoms with Crippen molar-refractivity contribution in [3.63, 3.8) is 0 Å². The monoisotopic (exact) mass is 649 g/mol. The molecule has 0 atom stereocenters. The second-order valence-corrected chi connectivity index (χ2v) is 14.6. The topological polar surface area (TPSA) is 12.9 Å². The average Bonchev–Trinajstić information content (AvgIpc) is 3.80.